The third-order valence-electron chi connectivity index (χ3n) is 4.10. The molecule has 0 amide bonds. The minimum absolute atomic E-state index is 0.0787. The first-order chi connectivity index (χ1) is 11.1. The predicted octanol–water partition coefficient (Wildman–Crippen LogP) is 2.30. The highest BCUT2D eigenvalue weighted by Crippen LogP contribution is 2.21. The lowest BCUT2D eigenvalue weighted by Gasteiger charge is -2.22. The number of nitrogens with two attached hydrogens (primary N) is 3. The summed E-state index contributed by atoms with van der Waals surface area (Å²) in [6, 6.07) is 8.90. The van der Waals surface area contributed by atoms with Gasteiger partial charge in [0.25, 0.3) is 0 Å². The highest BCUT2D eigenvalue weighted by Gasteiger charge is 2.10. The Kier molecular flexibility index (Phi) is 6.72. The second-order valence-corrected chi connectivity index (χ2v) is 6.09. The number of rotatable bonds is 4. The maximum Gasteiger partial charge on any atom is 0.218 e. The van der Waals surface area contributed by atoms with E-state index in [1.807, 2.05) is 0 Å². The highest BCUT2D eigenvalue weighted by molar-refractivity contribution is 5.92. The Balaban J connectivity index is 1.87. The lowest BCUT2D eigenvalue weighted by molar-refractivity contribution is 0.471. The van der Waals surface area contributed by atoms with Gasteiger partial charge in [-0.25, -0.2) is 4.99 Å². The number of anilines is 1. The van der Waals surface area contributed by atoms with Crippen LogP contribution >= 0.6 is 0 Å². The molecular weight excluding hydrogens is 288 g/mol. The van der Waals surface area contributed by atoms with E-state index in [1.54, 1.807) is 0 Å². The average Bonchev–Trinajstić information content (AvgIpc) is 2.48. The molecule has 0 aromatic heterocycles. The number of nitrogens with one attached hydrogen (secondary N) is 1. The molecule has 1 aliphatic carbocycles. The normalized spacial score (nSPS) is 17.1. The van der Waals surface area contributed by atoms with E-state index in [0.29, 0.717) is 12.6 Å². The number of benzene rings is 1. The molecule has 0 bridgehead atoms. The summed E-state index contributed by atoms with van der Waals surface area (Å²) in [4.78, 5) is 7.82. The summed E-state index contributed by atoms with van der Waals surface area (Å²) in [6.07, 6.45) is 9.31. The predicted molar refractivity (Wildman–Crippen MR) is 97.3 cm³/mol. The Morgan fingerprint density at radius 3 is 2.17 bits per heavy atom. The zero-order valence-corrected chi connectivity index (χ0v) is 13.7. The summed E-state index contributed by atoms with van der Waals surface area (Å²) in [5.74, 6) is 0.0201. The van der Waals surface area contributed by atoms with Gasteiger partial charge in [-0.05, 0) is 30.5 Å². The van der Waals surface area contributed by atoms with Crippen LogP contribution in [-0.2, 0) is 6.54 Å². The van der Waals surface area contributed by atoms with Crippen LogP contribution in [0.4, 0.5) is 5.69 Å². The fourth-order valence-corrected chi connectivity index (χ4v) is 2.88. The van der Waals surface area contributed by atoms with Crippen LogP contribution in [0.25, 0.3) is 0 Å². The van der Waals surface area contributed by atoms with E-state index in [0.717, 1.165) is 5.56 Å². The van der Waals surface area contributed by atoms with Crippen LogP contribution in [0.5, 0.6) is 0 Å². The summed E-state index contributed by atoms with van der Waals surface area (Å²) in [5.41, 5.74) is 18.3. The highest BCUT2D eigenvalue weighted by atomic mass is 15.1. The van der Waals surface area contributed by atoms with Gasteiger partial charge in [0.15, 0.2) is 5.96 Å². The summed E-state index contributed by atoms with van der Waals surface area (Å²) >= 11 is 0. The quantitative estimate of drug-likeness (QED) is 0.504. The fourth-order valence-electron chi connectivity index (χ4n) is 2.88. The monoisotopic (exact) mass is 316 g/mol. The maximum atomic E-state index is 5.59. The summed E-state index contributed by atoms with van der Waals surface area (Å²) in [7, 11) is 0. The van der Waals surface area contributed by atoms with E-state index in [2.05, 4.69) is 39.6 Å². The number of hydrogen-bond acceptors (Lipinski definition) is 2. The van der Waals surface area contributed by atoms with Crippen LogP contribution in [0.2, 0.25) is 0 Å². The third kappa shape index (κ3) is 6.59. The Labute approximate surface area is 138 Å². The van der Waals surface area contributed by atoms with Gasteiger partial charge >= 0.3 is 0 Å². The summed E-state index contributed by atoms with van der Waals surface area (Å²) in [5, 5.41) is 3.65. The molecule has 7 N–H and O–H groups in total. The molecule has 6 heteroatoms. The largest absolute Gasteiger partial charge is 0.382 e. The molecule has 0 saturated heterocycles. The molecule has 6 nitrogen and oxygen atoms in total. The molecule has 1 saturated carbocycles. The van der Waals surface area contributed by atoms with Gasteiger partial charge in [0.1, 0.15) is 0 Å². The van der Waals surface area contributed by atoms with E-state index >= 15 is 0 Å². The smallest absolute Gasteiger partial charge is 0.218 e. The van der Waals surface area contributed by atoms with Crippen molar-refractivity contribution in [3.8, 4) is 0 Å². The van der Waals surface area contributed by atoms with E-state index in [4.69, 9.17) is 17.2 Å². The molecule has 0 aliphatic heterocycles. The number of nitrogens with zero attached hydrogens (tertiary/aromatic N) is 2. The molecule has 126 valence electrons. The van der Waals surface area contributed by atoms with E-state index in [9.17, 15) is 0 Å². The minimum atomic E-state index is -0.0787. The Morgan fingerprint density at radius 2 is 1.57 bits per heavy atom. The van der Waals surface area contributed by atoms with Gasteiger partial charge in [-0.1, -0.05) is 44.2 Å². The standard InChI is InChI=1S/C17H28N6/c18-16(19)23-17(20)21-12-13-8-10-15(11-9-13)22-14-6-4-2-1-3-5-7-14/h8-11,14,22H,1-7,12H2,(H6,18,19,20,21,23). The zero-order valence-electron chi connectivity index (χ0n) is 13.7. The molecular formula is C17H28N6. The topological polar surface area (TPSA) is 115 Å². The van der Waals surface area contributed by atoms with Crippen LogP contribution in [-0.4, -0.2) is 18.0 Å². The molecule has 0 unspecified atom stereocenters. The van der Waals surface area contributed by atoms with Crippen LogP contribution in [0.1, 0.15) is 50.5 Å². The SMILES string of the molecule is NC(N)=NC(N)=NCc1ccc(NC2CCCCCCC2)cc1. The van der Waals surface area contributed by atoms with Crippen LogP contribution < -0.4 is 22.5 Å². The van der Waals surface area contributed by atoms with E-state index in [1.165, 1.54) is 50.6 Å². The van der Waals surface area contributed by atoms with Crippen molar-refractivity contribution in [3.63, 3.8) is 0 Å². The first-order valence-corrected chi connectivity index (χ1v) is 8.38. The van der Waals surface area contributed by atoms with Gasteiger partial charge in [0.2, 0.25) is 5.96 Å². The Morgan fingerprint density at radius 1 is 0.957 bits per heavy atom. The van der Waals surface area contributed by atoms with Crippen LogP contribution in [0.15, 0.2) is 34.3 Å². The maximum absolute atomic E-state index is 5.59. The summed E-state index contributed by atoms with van der Waals surface area (Å²) in [6.45, 7) is 0.465. The number of hydrogen-bond donors (Lipinski definition) is 4. The van der Waals surface area contributed by atoms with Gasteiger partial charge in [-0.2, -0.15) is 4.99 Å². The lowest BCUT2D eigenvalue weighted by Crippen LogP contribution is -2.26. The molecule has 1 aromatic carbocycles. The first-order valence-electron chi connectivity index (χ1n) is 8.38. The third-order valence-corrected chi connectivity index (χ3v) is 4.10. The van der Waals surface area contributed by atoms with Crippen LogP contribution in [0.3, 0.4) is 0 Å². The second-order valence-electron chi connectivity index (χ2n) is 6.09. The molecule has 0 atom stereocenters. The number of aliphatic imine (C=N–C) groups is 2. The van der Waals surface area contributed by atoms with Crippen molar-refractivity contribution in [3.05, 3.63) is 29.8 Å². The molecule has 1 fully saturated rings. The Bertz CT molecular complexity index is 523. The molecule has 23 heavy (non-hydrogen) atoms. The minimum Gasteiger partial charge on any atom is -0.382 e. The molecule has 1 aliphatic rings. The van der Waals surface area contributed by atoms with E-state index < -0.39 is 0 Å². The molecule has 0 spiro atoms. The van der Waals surface area contributed by atoms with Gasteiger partial charge in [-0.15, -0.1) is 0 Å². The Hall–Kier alpha value is -2.24. The number of guanidine groups is 2. The second kappa shape index (κ2) is 9.02. The van der Waals surface area contributed by atoms with Crippen molar-refractivity contribution in [2.75, 3.05) is 5.32 Å². The molecule has 0 heterocycles. The molecule has 2 rings (SSSR count). The van der Waals surface area contributed by atoms with Crippen molar-refractivity contribution in [2.45, 2.75) is 57.5 Å². The van der Waals surface area contributed by atoms with Crippen molar-refractivity contribution >= 4 is 17.6 Å². The fraction of sp³-hybridized carbons (Fsp3) is 0.529. The molecule has 1 aromatic rings. The molecule has 0 radical (unpaired) electrons. The average molecular weight is 316 g/mol. The van der Waals surface area contributed by atoms with E-state index in [-0.39, 0.29) is 11.9 Å². The zero-order chi connectivity index (χ0) is 16.5. The van der Waals surface area contributed by atoms with Crippen molar-refractivity contribution in [1.29, 1.82) is 0 Å². The van der Waals surface area contributed by atoms with Crippen molar-refractivity contribution in [2.24, 2.45) is 27.2 Å². The van der Waals surface area contributed by atoms with Gasteiger partial charge in [0.05, 0.1) is 6.54 Å². The van der Waals surface area contributed by atoms with Crippen molar-refractivity contribution in [1.82, 2.24) is 0 Å². The lowest BCUT2D eigenvalue weighted by atomic mass is 9.96. The van der Waals surface area contributed by atoms with Gasteiger partial charge in [0, 0.05) is 11.7 Å². The summed E-state index contributed by atoms with van der Waals surface area (Å²) < 4.78 is 0. The van der Waals surface area contributed by atoms with Gasteiger partial charge < -0.3 is 22.5 Å². The van der Waals surface area contributed by atoms with Crippen LogP contribution in [0, 0.1) is 0 Å². The first kappa shape index (κ1) is 17.1. The van der Waals surface area contributed by atoms with Crippen molar-refractivity contribution < 1.29 is 0 Å². The van der Waals surface area contributed by atoms with Gasteiger partial charge in [-0.3, -0.25) is 0 Å².